The van der Waals surface area contributed by atoms with E-state index in [1.54, 1.807) is 57.2 Å². The van der Waals surface area contributed by atoms with E-state index in [4.69, 9.17) is 9.47 Å². The van der Waals surface area contributed by atoms with Gasteiger partial charge in [0.25, 0.3) is 0 Å². The van der Waals surface area contributed by atoms with Crippen molar-refractivity contribution in [1.82, 2.24) is 25.4 Å². The maximum absolute atomic E-state index is 15.2. The minimum Gasteiger partial charge on any atom is -0.444 e. The summed E-state index contributed by atoms with van der Waals surface area (Å²) >= 11 is 1.26. The fourth-order valence-electron chi connectivity index (χ4n) is 4.29. The second-order valence-corrected chi connectivity index (χ2v) is 12.0. The van der Waals surface area contributed by atoms with Gasteiger partial charge in [-0.1, -0.05) is 36.0 Å². The van der Waals surface area contributed by atoms with Crippen LogP contribution in [-0.2, 0) is 20.8 Å². The number of aromatic nitrogens is 3. The van der Waals surface area contributed by atoms with Crippen LogP contribution in [-0.4, -0.2) is 86.5 Å². The summed E-state index contributed by atoms with van der Waals surface area (Å²) < 4.78 is 26.0. The van der Waals surface area contributed by atoms with E-state index in [1.807, 2.05) is 0 Å². The molecule has 2 atom stereocenters. The van der Waals surface area contributed by atoms with Gasteiger partial charge < -0.3 is 24.8 Å². The molecule has 0 unspecified atom stereocenters. The van der Waals surface area contributed by atoms with Crippen LogP contribution in [0.3, 0.4) is 0 Å². The molecule has 2 heterocycles. The number of nitrogens with zero attached hydrogens (tertiary/aromatic N) is 4. The maximum Gasteiger partial charge on any atom is 0.414 e. The van der Waals surface area contributed by atoms with Crippen molar-refractivity contribution in [3.8, 4) is 11.1 Å². The van der Waals surface area contributed by atoms with Gasteiger partial charge in [-0.15, -0.1) is 5.10 Å². The van der Waals surface area contributed by atoms with Gasteiger partial charge in [0.05, 0.1) is 31.4 Å². The van der Waals surface area contributed by atoms with E-state index in [1.165, 1.54) is 40.9 Å². The smallest absolute Gasteiger partial charge is 0.414 e. The second kappa shape index (κ2) is 13.9. The van der Waals surface area contributed by atoms with E-state index in [9.17, 15) is 19.5 Å². The van der Waals surface area contributed by atoms with E-state index in [2.05, 4.69) is 20.5 Å². The van der Waals surface area contributed by atoms with Gasteiger partial charge in [0.1, 0.15) is 23.8 Å². The summed E-state index contributed by atoms with van der Waals surface area (Å²) in [5.41, 5.74) is 1.32. The van der Waals surface area contributed by atoms with Crippen molar-refractivity contribution in [2.24, 2.45) is 0 Å². The highest BCUT2D eigenvalue weighted by atomic mass is 32.2. The van der Waals surface area contributed by atoms with Gasteiger partial charge in [-0.05, 0) is 50.1 Å². The molecule has 3 amide bonds. The number of carbonyl (C=O) groups is 3. The van der Waals surface area contributed by atoms with Gasteiger partial charge in [0, 0.05) is 24.8 Å². The van der Waals surface area contributed by atoms with Crippen LogP contribution in [0, 0.1) is 5.82 Å². The molecule has 1 fully saturated rings. The number of cyclic esters (lactones) is 1. The highest BCUT2D eigenvalue weighted by Gasteiger charge is 2.33. The molecular weight excluding hydrogens is 579 g/mol. The largest absolute Gasteiger partial charge is 0.444 e. The number of H-pyrrole nitrogens is 1. The Bertz CT molecular complexity index is 1420. The summed E-state index contributed by atoms with van der Waals surface area (Å²) in [4.78, 5) is 43.2. The number of aromatic amines is 1. The monoisotopic (exact) mass is 614 g/mol. The number of rotatable bonds is 11. The Kier molecular flexibility index (Phi) is 10.2. The molecule has 1 aliphatic heterocycles. The Labute approximate surface area is 252 Å². The van der Waals surface area contributed by atoms with Crippen molar-refractivity contribution in [3.63, 3.8) is 0 Å². The molecule has 0 aliphatic carbocycles. The summed E-state index contributed by atoms with van der Waals surface area (Å²) in [5, 5.41) is 20.3. The number of hydrogen-bond acceptors (Lipinski definition) is 9. The minimum absolute atomic E-state index is 0.0226. The highest BCUT2D eigenvalue weighted by molar-refractivity contribution is 7.99. The molecule has 2 aromatic carbocycles. The molecule has 14 heteroatoms. The number of anilines is 1. The highest BCUT2D eigenvalue weighted by Crippen LogP contribution is 2.29. The third-order valence-electron chi connectivity index (χ3n) is 6.24. The number of benzene rings is 2. The molecular formula is C29H35FN6O6S. The molecule has 0 bridgehead atoms. The number of hydrogen-bond donors (Lipinski definition) is 3. The number of carbonyl (C=O) groups excluding carboxylic acids is 3. The lowest BCUT2D eigenvalue weighted by molar-refractivity contribution is -0.119. The lowest BCUT2D eigenvalue weighted by Crippen LogP contribution is -2.41. The Morgan fingerprint density at radius 2 is 2.02 bits per heavy atom. The van der Waals surface area contributed by atoms with Crippen molar-refractivity contribution < 1.29 is 33.4 Å². The Hall–Kier alpha value is -4.17. The van der Waals surface area contributed by atoms with Crippen molar-refractivity contribution in [2.75, 3.05) is 30.3 Å². The summed E-state index contributed by atoms with van der Waals surface area (Å²) in [6.07, 6.45) is -1.12. The molecule has 0 spiro atoms. The zero-order valence-electron chi connectivity index (χ0n) is 24.4. The topological polar surface area (TPSA) is 150 Å². The minimum atomic E-state index is -0.864. The summed E-state index contributed by atoms with van der Waals surface area (Å²) in [6.45, 7) is 7.23. The molecule has 12 nitrogen and oxygen atoms in total. The van der Waals surface area contributed by atoms with Crippen LogP contribution in [0.5, 0.6) is 0 Å². The van der Waals surface area contributed by atoms with Crippen LogP contribution in [0.4, 0.5) is 19.7 Å². The molecule has 3 N–H and O–H groups in total. The quantitative estimate of drug-likeness (QED) is 0.273. The predicted molar refractivity (Wildman–Crippen MR) is 158 cm³/mol. The van der Waals surface area contributed by atoms with Gasteiger partial charge in [-0.3, -0.25) is 14.8 Å². The first-order chi connectivity index (χ1) is 20.4. The van der Waals surface area contributed by atoms with Crippen LogP contribution in [0.1, 0.15) is 33.3 Å². The average Bonchev–Trinajstić information content (AvgIpc) is 3.59. The average molecular weight is 615 g/mol. The van der Waals surface area contributed by atoms with Crippen LogP contribution < -0.4 is 10.2 Å². The van der Waals surface area contributed by atoms with Crippen molar-refractivity contribution >= 4 is 35.5 Å². The first-order valence-electron chi connectivity index (χ1n) is 13.6. The van der Waals surface area contributed by atoms with Crippen LogP contribution >= 0.6 is 11.8 Å². The first-order valence-corrected chi connectivity index (χ1v) is 14.6. The maximum atomic E-state index is 15.2. The third kappa shape index (κ3) is 9.16. The predicted octanol–water partition coefficient (Wildman–Crippen LogP) is 3.96. The fraction of sp³-hybridized carbons (Fsp3) is 0.414. The van der Waals surface area contributed by atoms with E-state index in [0.717, 1.165) is 5.56 Å². The number of halogens is 1. The van der Waals surface area contributed by atoms with Crippen LogP contribution in [0.25, 0.3) is 11.1 Å². The summed E-state index contributed by atoms with van der Waals surface area (Å²) in [6, 6.07) is 11.5. The van der Waals surface area contributed by atoms with Crippen LogP contribution in [0.15, 0.2) is 53.9 Å². The van der Waals surface area contributed by atoms with Gasteiger partial charge in [0.2, 0.25) is 11.1 Å². The normalized spacial score (nSPS) is 15.6. The fourth-order valence-corrected chi connectivity index (χ4v) is 4.98. The van der Waals surface area contributed by atoms with E-state index >= 15 is 4.39 Å². The lowest BCUT2D eigenvalue weighted by atomic mass is 10.0. The third-order valence-corrected chi connectivity index (χ3v) is 7.24. The standard InChI is InChI=1S/C29H35FN6O6S/c1-18(37)31-12-23-15-36(28(40)41-23)21-9-10-24(25(30)11-21)20-7-5-19(6-8-20)13-35(27(39)42-29(2,3)4)14-22(38)16-43-26-32-17-33-34-26/h5-11,17,22-23,38H,12-16H2,1-4H3,(H,31,37)(H,32,33,34)/t22-,23-/m0/s1. The van der Waals surface area contributed by atoms with Gasteiger partial charge >= 0.3 is 12.2 Å². The van der Waals surface area contributed by atoms with Crippen molar-refractivity contribution in [3.05, 3.63) is 60.2 Å². The molecule has 1 aliphatic rings. The lowest BCUT2D eigenvalue weighted by Gasteiger charge is -2.29. The Morgan fingerprint density at radius 3 is 2.65 bits per heavy atom. The Morgan fingerprint density at radius 1 is 1.28 bits per heavy atom. The van der Waals surface area contributed by atoms with Crippen molar-refractivity contribution in [2.45, 2.75) is 57.2 Å². The SMILES string of the molecule is CC(=O)NC[C@H]1CN(c2ccc(-c3ccc(CN(C[C@H](O)CSc4nc[nH]n4)C(=O)OC(C)(C)C)cc3)c(F)c2)C(=O)O1. The molecule has 43 heavy (non-hydrogen) atoms. The van der Waals surface area contributed by atoms with Crippen molar-refractivity contribution in [1.29, 1.82) is 0 Å². The number of aliphatic hydroxyl groups excluding tert-OH is 1. The van der Waals surface area contributed by atoms with E-state index < -0.39 is 35.8 Å². The van der Waals surface area contributed by atoms with Gasteiger partial charge in [-0.25, -0.2) is 19.0 Å². The molecule has 3 aromatic rings. The van der Waals surface area contributed by atoms with Crippen LogP contribution in [0.2, 0.25) is 0 Å². The first kappa shape index (κ1) is 31.8. The number of amides is 3. The Balaban J connectivity index is 1.42. The molecule has 1 saturated heterocycles. The molecule has 0 radical (unpaired) electrons. The van der Waals surface area contributed by atoms with E-state index in [-0.39, 0.29) is 37.8 Å². The number of ether oxygens (including phenoxy) is 2. The summed E-state index contributed by atoms with van der Waals surface area (Å²) in [5.74, 6) is -0.480. The molecule has 230 valence electrons. The van der Waals surface area contributed by atoms with E-state index in [0.29, 0.717) is 22.0 Å². The summed E-state index contributed by atoms with van der Waals surface area (Å²) in [7, 11) is 0. The number of nitrogens with one attached hydrogen (secondary N) is 2. The van der Waals surface area contributed by atoms with Gasteiger partial charge in [-0.2, -0.15) is 0 Å². The molecule has 1 aromatic heterocycles. The molecule has 4 rings (SSSR count). The zero-order valence-corrected chi connectivity index (χ0v) is 25.2. The zero-order chi connectivity index (χ0) is 31.1. The molecule has 0 saturated carbocycles. The van der Waals surface area contributed by atoms with Gasteiger partial charge in [0.15, 0.2) is 0 Å². The second-order valence-electron chi connectivity index (χ2n) is 11.0. The number of thioether (sulfide) groups is 1. The number of aliphatic hydroxyl groups is 1.